The average molecular weight is 298 g/mol. The van der Waals surface area contributed by atoms with Crippen LogP contribution in [0.3, 0.4) is 0 Å². The van der Waals surface area contributed by atoms with Crippen LogP contribution in [-0.2, 0) is 9.59 Å². The van der Waals surface area contributed by atoms with Crippen molar-refractivity contribution < 1.29 is 14.7 Å². The maximum absolute atomic E-state index is 12.4. The molecule has 5 heteroatoms. The largest absolute Gasteiger partial charge is 0.481 e. The van der Waals surface area contributed by atoms with E-state index in [2.05, 4.69) is 6.92 Å². The van der Waals surface area contributed by atoms with Gasteiger partial charge in [-0.3, -0.25) is 9.59 Å². The third-order valence-electron chi connectivity index (χ3n) is 4.98. The summed E-state index contributed by atoms with van der Waals surface area (Å²) >= 11 is 0. The van der Waals surface area contributed by atoms with Crippen molar-refractivity contribution in [2.45, 2.75) is 58.8 Å². The third kappa shape index (κ3) is 4.70. The fraction of sp³-hybridized carbons (Fsp3) is 0.875. The molecule has 1 saturated heterocycles. The summed E-state index contributed by atoms with van der Waals surface area (Å²) in [6.07, 6.45) is 5.40. The second-order valence-corrected chi connectivity index (χ2v) is 6.25. The van der Waals surface area contributed by atoms with Crippen LogP contribution in [0.2, 0.25) is 0 Å². The molecule has 21 heavy (non-hydrogen) atoms. The van der Waals surface area contributed by atoms with Crippen LogP contribution in [0.25, 0.3) is 0 Å². The van der Waals surface area contributed by atoms with Gasteiger partial charge in [0.25, 0.3) is 0 Å². The molecule has 0 aromatic heterocycles. The minimum atomic E-state index is -0.767. The second-order valence-electron chi connectivity index (χ2n) is 6.25. The minimum absolute atomic E-state index is 0.101. The lowest BCUT2D eigenvalue weighted by Gasteiger charge is -2.39. The number of amides is 1. The predicted octanol–water partition coefficient (Wildman–Crippen LogP) is 2.25. The van der Waals surface area contributed by atoms with Gasteiger partial charge in [0.2, 0.25) is 5.91 Å². The highest BCUT2D eigenvalue weighted by Gasteiger charge is 2.41. The van der Waals surface area contributed by atoms with Crippen LogP contribution in [0.5, 0.6) is 0 Å². The van der Waals surface area contributed by atoms with E-state index in [9.17, 15) is 14.7 Å². The lowest BCUT2D eigenvalue weighted by atomic mass is 9.77. The molecule has 0 bridgehead atoms. The standard InChI is InChI=1S/C16H30N2O3/c1-3-13(8-10-17)6-7-14(19)18-11-5-9-16(4-2,12-18)15(20)21/h13H,3-12,17H2,1-2H3,(H,20,21). The Bertz CT molecular complexity index is 359. The highest BCUT2D eigenvalue weighted by molar-refractivity contribution is 5.79. The van der Waals surface area contributed by atoms with E-state index in [1.165, 1.54) is 0 Å². The van der Waals surface area contributed by atoms with Crippen molar-refractivity contribution in [2.75, 3.05) is 19.6 Å². The Hall–Kier alpha value is -1.10. The zero-order valence-electron chi connectivity index (χ0n) is 13.4. The van der Waals surface area contributed by atoms with Gasteiger partial charge in [0.1, 0.15) is 0 Å². The number of nitrogens with zero attached hydrogens (tertiary/aromatic N) is 1. The SMILES string of the molecule is CCC(CCN)CCC(=O)N1CCCC(CC)(C(=O)O)C1. The Morgan fingerprint density at radius 3 is 2.57 bits per heavy atom. The van der Waals surface area contributed by atoms with Gasteiger partial charge in [-0.1, -0.05) is 20.3 Å². The molecule has 0 saturated carbocycles. The number of carbonyl (C=O) groups is 2. The number of aliphatic carboxylic acids is 1. The van der Waals surface area contributed by atoms with E-state index in [4.69, 9.17) is 5.73 Å². The van der Waals surface area contributed by atoms with Gasteiger partial charge in [0, 0.05) is 19.5 Å². The molecular weight excluding hydrogens is 268 g/mol. The summed E-state index contributed by atoms with van der Waals surface area (Å²) < 4.78 is 0. The lowest BCUT2D eigenvalue weighted by molar-refractivity contribution is -0.155. The van der Waals surface area contributed by atoms with Crippen LogP contribution >= 0.6 is 0 Å². The Kier molecular flexibility index (Phi) is 7.15. The first-order valence-corrected chi connectivity index (χ1v) is 8.20. The highest BCUT2D eigenvalue weighted by atomic mass is 16.4. The highest BCUT2D eigenvalue weighted by Crippen LogP contribution is 2.34. The first kappa shape index (κ1) is 18.0. The summed E-state index contributed by atoms with van der Waals surface area (Å²) in [5.41, 5.74) is 4.84. The third-order valence-corrected chi connectivity index (χ3v) is 4.98. The van der Waals surface area contributed by atoms with E-state index in [1.54, 1.807) is 4.90 Å². The van der Waals surface area contributed by atoms with Gasteiger partial charge in [0.05, 0.1) is 5.41 Å². The van der Waals surface area contributed by atoms with Crippen LogP contribution in [0.1, 0.15) is 58.8 Å². The van der Waals surface area contributed by atoms with Gasteiger partial charge in [-0.05, 0) is 44.6 Å². The average Bonchev–Trinajstić information content (AvgIpc) is 2.50. The molecule has 2 atom stereocenters. The molecule has 5 nitrogen and oxygen atoms in total. The quantitative estimate of drug-likeness (QED) is 0.720. The lowest BCUT2D eigenvalue weighted by Crippen LogP contribution is -2.49. The van der Waals surface area contributed by atoms with Gasteiger partial charge in [-0.25, -0.2) is 0 Å². The molecule has 3 N–H and O–H groups in total. The molecule has 0 radical (unpaired) electrons. The Morgan fingerprint density at radius 1 is 1.33 bits per heavy atom. The van der Waals surface area contributed by atoms with E-state index in [1.807, 2.05) is 6.92 Å². The zero-order valence-corrected chi connectivity index (χ0v) is 13.4. The molecule has 1 heterocycles. The smallest absolute Gasteiger partial charge is 0.311 e. The normalized spacial score (nSPS) is 23.9. The molecule has 1 fully saturated rings. The molecular formula is C16H30N2O3. The second kappa shape index (κ2) is 8.37. The molecule has 0 spiro atoms. The van der Waals surface area contributed by atoms with Crippen LogP contribution in [0.4, 0.5) is 0 Å². The summed E-state index contributed by atoms with van der Waals surface area (Å²) in [6.45, 7) is 5.75. The summed E-state index contributed by atoms with van der Waals surface area (Å²) in [6, 6.07) is 0. The van der Waals surface area contributed by atoms with Gasteiger partial charge >= 0.3 is 5.97 Å². The summed E-state index contributed by atoms with van der Waals surface area (Å²) in [4.78, 5) is 25.6. The first-order valence-electron chi connectivity index (χ1n) is 8.20. The predicted molar refractivity (Wildman–Crippen MR) is 82.9 cm³/mol. The summed E-state index contributed by atoms with van der Waals surface area (Å²) in [7, 11) is 0. The van der Waals surface area contributed by atoms with Gasteiger partial charge in [0.15, 0.2) is 0 Å². The molecule has 1 rings (SSSR count). The van der Waals surface area contributed by atoms with E-state index < -0.39 is 11.4 Å². The molecule has 0 aromatic carbocycles. The van der Waals surface area contributed by atoms with Crippen molar-refractivity contribution in [1.82, 2.24) is 4.90 Å². The van der Waals surface area contributed by atoms with Crippen molar-refractivity contribution in [2.24, 2.45) is 17.1 Å². The number of carboxylic acid groups (broad SMARTS) is 1. The van der Waals surface area contributed by atoms with E-state index in [0.29, 0.717) is 44.8 Å². The summed E-state index contributed by atoms with van der Waals surface area (Å²) in [5.74, 6) is -0.166. The Morgan fingerprint density at radius 2 is 2.05 bits per heavy atom. The molecule has 1 aliphatic heterocycles. The fourth-order valence-electron chi connectivity index (χ4n) is 3.23. The Balaban J connectivity index is 2.56. The molecule has 0 aromatic rings. The van der Waals surface area contributed by atoms with Gasteiger partial charge in [-0.15, -0.1) is 0 Å². The topological polar surface area (TPSA) is 83.6 Å². The molecule has 122 valence electrons. The molecule has 1 aliphatic rings. The van der Waals surface area contributed by atoms with E-state index in [-0.39, 0.29) is 5.91 Å². The number of carboxylic acids is 1. The van der Waals surface area contributed by atoms with Gasteiger partial charge < -0.3 is 15.7 Å². The fourth-order valence-corrected chi connectivity index (χ4v) is 3.23. The number of nitrogens with two attached hydrogens (primary N) is 1. The summed E-state index contributed by atoms with van der Waals surface area (Å²) in [5, 5.41) is 9.46. The number of hydrogen-bond donors (Lipinski definition) is 2. The minimum Gasteiger partial charge on any atom is -0.481 e. The first-order chi connectivity index (χ1) is 9.99. The molecule has 0 aliphatic carbocycles. The Labute approximate surface area is 127 Å². The van der Waals surface area contributed by atoms with Crippen LogP contribution in [0, 0.1) is 11.3 Å². The number of hydrogen-bond acceptors (Lipinski definition) is 3. The number of likely N-dealkylation sites (tertiary alicyclic amines) is 1. The van der Waals surface area contributed by atoms with E-state index in [0.717, 1.165) is 25.7 Å². The van der Waals surface area contributed by atoms with Gasteiger partial charge in [-0.2, -0.15) is 0 Å². The molecule has 1 amide bonds. The zero-order chi connectivity index (χ0) is 15.9. The van der Waals surface area contributed by atoms with Crippen molar-refractivity contribution in [3.05, 3.63) is 0 Å². The van der Waals surface area contributed by atoms with Crippen molar-refractivity contribution in [3.8, 4) is 0 Å². The van der Waals surface area contributed by atoms with Crippen LogP contribution < -0.4 is 5.73 Å². The van der Waals surface area contributed by atoms with Crippen LogP contribution in [-0.4, -0.2) is 41.5 Å². The van der Waals surface area contributed by atoms with Crippen LogP contribution in [0.15, 0.2) is 0 Å². The molecule has 2 unspecified atom stereocenters. The van der Waals surface area contributed by atoms with Crippen molar-refractivity contribution in [3.63, 3.8) is 0 Å². The maximum atomic E-state index is 12.4. The number of rotatable bonds is 8. The monoisotopic (exact) mass is 298 g/mol. The number of piperidine rings is 1. The van der Waals surface area contributed by atoms with E-state index >= 15 is 0 Å². The van der Waals surface area contributed by atoms with Crippen molar-refractivity contribution in [1.29, 1.82) is 0 Å². The number of carbonyl (C=O) groups excluding carboxylic acids is 1. The van der Waals surface area contributed by atoms with Crippen molar-refractivity contribution >= 4 is 11.9 Å². The maximum Gasteiger partial charge on any atom is 0.311 e.